The summed E-state index contributed by atoms with van der Waals surface area (Å²) in [6.07, 6.45) is 5.56. The van der Waals surface area contributed by atoms with Crippen molar-refractivity contribution in [3.05, 3.63) is 34.9 Å². The number of benzene rings is 1. The van der Waals surface area contributed by atoms with E-state index in [1.165, 1.54) is 0 Å². The first-order valence-corrected chi connectivity index (χ1v) is 4.92. The molecule has 0 spiro atoms. The van der Waals surface area contributed by atoms with E-state index >= 15 is 0 Å². The van der Waals surface area contributed by atoms with Crippen LogP contribution in [0.2, 0.25) is 0 Å². The predicted molar refractivity (Wildman–Crippen MR) is 54.6 cm³/mol. The van der Waals surface area contributed by atoms with Gasteiger partial charge in [0.15, 0.2) is 17.5 Å². The van der Waals surface area contributed by atoms with Crippen LogP contribution >= 0.6 is 0 Å². The van der Waals surface area contributed by atoms with E-state index in [0.29, 0.717) is 12.8 Å². The highest BCUT2D eigenvalue weighted by atomic mass is 19.2. The molecule has 0 aliphatic heterocycles. The molecule has 0 heterocycles. The van der Waals surface area contributed by atoms with Crippen molar-refractivity contribution in [3.8, 4) is 12.3 Å². The number of rotatable bonds is 4. The molecular formula is C12H8F4O2. The second-order valence-corrected chi connectivity index (χ2v) is 3.29. The van der Waals surface area contributed by atoms with Crippen molar-refractivity contribution < 1.29 is 27.1 Å². The van der Waals surface area contributed by atoms with Gasteiger partial charge in [-0.1, -0.05) is 0 Å². The molecule has 0 aliphatic rings. The van der Waals surface area contributed by atoms with Crippen molar-refractivity contribution in [3.63, 3.8) is 0 Å². The van der Waals surface area contributed by atoms with E-state index in [4.69, 9.17) is 6.42 Å². The van der Waals surface area contributed by atoms with Crippen LogP contribution in [0.15, 0.2) is 6.07 Å². The largest absolute Gasteiger partial charge is 0.462 e. The molecule has 0 saturated carbocycles. The molecule has 2 nitrogen and oxygen atoms in total. The van der Waals surface area contributed by atoms with Crippen LogP contribution in [0.4, 0.5) is 17.6 Å². The van der Waals surface area contributed by atoms with Crippen LogP contribution in [0.1, 0.15) is 23.2 Å². The van der Waals surface area contributed by atoms with Crippen molar-refractivity contribution in [2.45, 2.75) is 12.8 Å². The van der Waals surface area contributed by atoms with Crippen LogP contribution in [0.5, 0.6) is 0 Å². The number of terminal acetylenes is 1. The van der Waals surface area contributed by atoms with E-state index < -0.39 is 34.8 Å². The summed E-state index contributed by atoms with van der Waals surface area (Å²) in [5.41, 5.74) is -1.25. The summed E-state index contributed by atoms with van der Waals surface area (Å²) in [6.45, 7) is -0.166. The average molecular weight is 260 g/mol. The Morgan fingerprint density at radius 3 is 2.50 bits per heavy atom. The molecule has 6 heteroatoms. The van der Waals surface area contributed by atoms with Crippen molar-refractivity contribution in [2.24, 2.45) is 0 Å². The van der Waals surface area contributed by atoms with E-state index in [-0.39, 0.29) is 12.7 Å². The molecule has 0 saturated heterocycles. The molecular weight excluding hydrogens is 252 g/mol. The van der Waals surface area contributed by atoms with Gasteiger partial charge in [0, 0.05) is 12.5 Å². The number of carbonyl (C=O) groups excluding carboxylic acids is 1. The Bertz CT molecular complexity index is 506. The Morgan fingerprint density at radius 2 is 1.89 bits per heavy atom. The molecule has 0 radical (unpaired) electrons. The molecule has 0 fully saturated rings. The fourth-order valence-corrected chi connectivity index (χ4v) is 1.16. The summed E-state index contributed by atoms with van der Waals surface area (Å²) >= 11 is 0. The quantitative estimate of drug-likeness (QED) is 0.208. The second-order valence-electron chi connectivity index (χ2n) is 3.29. The zero-order valence-corrected chi connectivity index (χ0v) is 9.10. The van der Waals surface area contributed by atoms with Crippen LogP contribution in [0.3, 0.4) is 0 Å². The van der Waals surface area contributed by atoms with E-state index in [1.807, 2.05) is 0 Å². The van der Waals surface area contributed by atoms with Gasteiger partial charge in [0.2, 0.25) is 0 Å². The van der Waals surface area contributed by atoms with Crippen molar-refractivity contribution in [1.82, 2.24) is 0 Å². The Labute approximate surface area is 101 Å². The van der Waals surface area contributed by atoms with Gasteiger partial charge >= 0.3 is 5.97 Å². The topological polar surface area (TPSA) is 26.3 Å². The molecule has 0 unspecified atom stereocenters. The first-order valence-electron chi connectivity index (χ1n) is 4.92. The minimum atomic E-state index is -1.92. The lowest BCUT2D eigenvalue weighted by Crippen LogP contribution is -2.13. The SMILES string of the molecule is C#CCCCOC(=O)c1c(F)cc(F)c(F)c1F. The molecule has 0 bridgehead atoms. The third kappa shape index (κ3) is 3.00. The Kier molecular flexibility index (Phi) is 4.72. The lowest BCUT2D eigenvalue weighted by Gasteiger charge is -2.06. The molecule has 0 atom stereocenters. The van der Waals surface area contributed by atoms with Gasteiger partial charge in [-0.2, -0.15) is 0 Å². The molecule has 18 heavy (non-hydrogen) atoms. The van der Waals surface area contributed by atoms with Crippen molar-refractivity contribution in [1.29, 1.82) is 0 Å². The molecule has 1 aromatic rings. The molecule has 1 aromatic carbocycles. The Hall–Kier alpha value is -2.03. The van der Waals surface area contributed by atoms with Crippen LogP contribution < -0.4 is 0 Å². The standard InChI is InChI=1S/C12H8F4O2/c1-2-3-4-5-18-12(17)9-7(13)6-8(14)10(15)11(9)16/h1,6H,3-5H2. The van der Waals surface area contributed by atoms with Gasteiger partial charge in [-0.15, -0.1) is 12.3 Å². The fourth-order valence-electron chi connectivity index (χ4n) is 1.16. The van der Waals surface area contributed by atoms with E-state index in [0.717, 1.165) is 0 Å². The Balaban J connectivity index is 2.87. The monoisotopic (exact) mass is 260 g/mol. The maximum absolute atomic E-state index is 13.2. The number of unbranched alkanes of at least 4 members (excludes halogenated alkanes) is 1. The van der Waals surface area contributed by atoms with Gasteiger partial charge in [-0.05, 0) is 6.42 Å². The number of halogens is 4. The minimum Gasteiger partial charge on any atom is -0.462 e. The van der Waals surface area contributed by atoms with Gasteiger partial charge in [0.25, 0.3) is 0 Å². The number of ether oxygens (including phenoxy) is 1. The molecule has 0 N–H and O–H groups in total. The third-order valence-corrected chi connectivity index (χ3v) is 2.02. The van der Waals surface area contributed by atoms with Gasteiger partial charge in [0.1, 0.15) is 11.4 Å². The number of hydrogen-bond acceptors (Lipinski definition) is 2. The summed E-state index contributed by atoms with van der Waals surface area (Å²) in [5, 5.41) is 0. The minimum absolute atomic E-state index is 0.0798. The van der Waals surface area contributed by atoms with Gasteiger partial charge in [0.05, 0.1) is 6.61 Å². The normalized spacial score (nSPS) is 9.94. The highest BCUT2D eigenvalue weighted by molar-refractivity contribution is 5.90. The lowest BCUT2D eigenvalue weighted by atomic mass is 10.2. The predicted octanol–water partition coefficient (Wildman–Crippen LogP) is 2.81. The van der Waals surface area contributed by atoms with Crippen LogP contribution in [0, 0.1) is 35.6 Å². The van der Waals surface area contributed by atoms with Crippen LogP contribution in [-0.4, -0.2) is 12.6 Å². The highest BCUT2D eigenvalue weighted by Gasteiger charge is 2.25. The number of esters is 1. The molecule has 96 valence electrons. The second kappa shape index (κ2) is 6.05. The summed E-state index contributed by atoms with van der Waals surface area (Å²) in [5.74, 6) is -6.20. The van der Waals surface area contributed by atoms with E-state index in [1.54, 1.807) is 0 Å². The molecule has 0 aromatic heterocycles. The highest BCUT2D eigenvalue weighted by Crippen LogP contribution is 2.19. The first-order chi connectivity index (χ1) is 8.49. The summed E-state index contributed by atoms with van der Waals surface area (Å²) in [4.78, 5) is 11.3. The van der Waals surface area contributed by atoms with Gasteiger partial charge in [-0.3, -0.25) is 0 Å². The zero-order chi connectivity index (χ0) is 13.7. The summed E-state index contributed by atoms with van der Waals surface area (Å²) in [6, 6.07) is 0.0798. The maximum atomic E-state index is 13.2. The van der Waals surface area contributed by atoms with E-state index in [9.17, 15) is 22.4 Å². The zero-order valence-electron chi connectivity index (χ0n) is 9.10. The fraction of sp³-hybridized carbons (Fsp3) is 0.250. The van der Waals surface area contributed by atoms with Gasteiger partial charge in [-0.25, -0.2) is 22.4 Å². The summed E-state index contributed by atoms with van der Waals surface area (Å²) in [7, 11) is 0. The average Bonchev–Trinajstić information content (AvgIpc) is 2.32. The van der Waals surface area contributed by atoms with Gasteiger partial charge < -0.3 is 4.74 Å². The van der Waals surface area contributed by atoms with Crippen molar-refractivity contribution in [2.75, 3.05) is 6.61 Å². The first kappa shape index (κ1) is 14.0. The van der Waals surface area contributed by atoms with Crippen LogP contribution in [0.25, 0.3) is 0 Å². The molecule has 0 amide bonds. The van der Waals surface area contributed by atoms with Crippen LogP contribution in [-0.2, 0) is 4.74 Å². The number of carbonyl (C=O) groups is 1. The lowest BCUT2D eigenvalue weighted by molar-refractivity contribution is 0.0489. The molecule has 0 aliphatic carbocycles. The van der Waals surface area contributed by atoms with Crippen molar-refractivity contribution >= 4 is 5.97 Å². The molecule has 1 rings (SSSR count). The number of hydrogen-bond donors (Lipinski definition) is 0. The summed E-state index contributed by atoms with van der Waals surface area (Å²) < 4.78 is 56.2. The Morgan fingerprint density at radius 1 is 1.22 bits per heavy atom. The van der Waals surface area contributed by atoms with E-state index in [2.05, 4.69) is 10.7 Å². The smallest absolute Gasteiger partial charge is 0.344 e. The third-order valence-electron chi connectivity index (χ3n) is 2.02. The maximum Gasteiger partial charge on any atom is 0.344 e.